The van der Waals surface area contributed by atoms with Crippen LogP contribution in [0.2, 0.25) is 0 Å². The van der Waals surface area contributed by atoms with Crippen LogP contribution in [-0.2, 0) is 4.84 Å². The Balaban J connectivity index is 3.29. The third kappa shape index (κ3) is 3.33. The van der Waals surface area contributed by atoms with Crippen molar-refractivity contribution in [1.82, 2.24) is 0 Å². The highest BCUT2D eigenvalue weighted by atomic mass is 16.6. The molecule has 0 saturated heterocycles. The van der Waals surface area contributed by atoms with Gasteiger partial charge < -0.3 is 4.84 Å². The zero-order chi connectivity index (χ0) is 5.70. The summed E-state index contributed by atoms with van der Waals surface area (Å²) in [5.74, 6) is 4.73. The molecule has 0 bridgehead atoms. The quantitative estimate of drug-likeness (QED) is 0.419. The second-order valence-electron chi connectivity index (χ2n) is 1.45. The van der Waals surface area contributed by atoms with Crippen molar-refractivity contribution in [2.75, 3.05) is 0 Å². The molecule has 0 aliphatic rings. The van der Waals surface area contributed by atoms with Crippen molar-refractivity contribution < 1.29 is 4.84 Å². The normalized spacial score (nSPS) is 11.6. The van der Waals surface area contributed by atoms with E-state index in [4.69, 9.17) is 5.90 Å². The van der Waals surface area contributed by atoms with Gasteiger partial charge in [0.15, 0.2) is 0 Å². The van der Waals surface area contributed by atoms with Gasteiger partial charge >= 0.3 is 0 Å². The highest BCUT2D eigenvalue weighted by molar-refractivity contribution is 4.90. The zero-order valence-corrected chi connectivity index (χ0v) is 4.77. The van der Waals surface area contributed by atoms with Gasteiger partial charge in [-0.05, 0) is 18.9 Å². The summed E-state index contributed by atoms with van der Waals surface area (Å²) in [7, 11) is 0. The van der Waals surface area contributed by atoms with Gasteiger partial charge in [0.1, 0.15) is 6.26 Å². The molecule has 0 amide bonds. The SMILES string of the molecule is CC/C(C)=C\ON. The number of rotatable bonds is 2. The minimum Gasteiger partial charge on any atom is -0.419 e. The van der Waals surface area contributed by atoms with Crippen LogP contribution in [0.5, 0.6) is 0 Å². The minimum absolute atomic E-state index is 0.997. The predicted molar refractivity (Wildman–Crippen MR) is 29.3 cm³/mol. The molecular formula is C5H11NO. The molecule has 0 unspecified atom stereocenters. The molecule has 2 heteroatoms. The van der Waals surface area contributed by atoms with Crippen molar-refractivity contribution in [2.24, 2.45) is 5.90 Å². The lowest BCUT2D eigenvalue weighted by atomic mass is 10.3. The standard InChI is InChI=1S/C5H11NO/c1-3-5(2)4-7-6/h4H,3,6H2,1-2H3/b5-4-. The molecule has 7 heavy (non-hydrogen) atoms. The highest BCUT2D eigenvalue weighted by Crippen LogP contribution is 1.94. The molecule has 0 fully saturated rings. The molecule has 0 aliphatic heterocycles. The second kappa shape index (κ2) is 3.68. The van der Waals surface area contributed by atoms with Gasteiger partial charge in [-0.1, -0.05) is 6.92 Å². The third-order valence-electron chi connectivity index (χ3n) is 0.827. The average molecular weight is 101 g/mol. The lowest BCUT2D eigenvalue weighted by molar-refractivity contribution is 0.257. The Labute approximate surface area is 43.9 Å². The van der Waals surface area contributed by atoms with E-state index in [2.05, 4.69) is 4.84 Å². The molecule has 0 radical (unpaired) electrons. The number of allylic oxidation sites excluding steroid dienone is 1. The van der Waals surface area contributed by atoms with Crippen molar-refractivity contribution in [3.8, 4) is 0 Å². The van der Waals surface area contributed by atoms with Gasteiger partial charge in [0.05, 0.1) is 0 Å². The smallest absolute Gasteiger partial charge is 0.109 e. The third-order valence-corrected chi connectivity index (χ3v) is 0.827. The van der Waals surface area contributed by atoms with Gasteiger partial charge in [0, 0.05) is 0 Å². The average Bonchev–Trinajstić information content (AvgIpc) is 1.68. The first-order valence-corrected chi connectivity index (χ1v) is 2.32. The molecule has 0 aromatic heterocycles. The van der Waals surface area contributed by atoms with E-state index in [1.165, 1.54) is 0 Å². The summed E-state index contributed by atoms with van der Waals surface area (Å²) in [5, 5.41) is 0. The van der Waals surface area contributed by atoms with E-state index < -0.39 is 0 Å². The summed E-state index contributed by atoms with van der Waals surface area (Å²) >= 11 is 0. The first kappa shape index (κ1) is 6.50. The van der Waals surface area contributed by atoms with Gasteiger partial charge in [-0.3, -0.25) is 0 Å². The monoisotopic (exact) mass is 101 g/mol. The Bertz CT molecular complexity index is 68.5. The van der Waals surface area contributed by atoms with Crippen LogP contribution in [0.4, 0.5) is 0 Å². The summed E-state index contributed by atoms with van der Waals surface area (Å²) in [6.07, 6.45) is 2.54. The Kier molecular flexibility index (Phi) is 3.42. The lowest BCUT2D eigenvalue weighted by Gasteiger charge is -1.89. The van der Waals surface area contributed by atoms with Crippen molar-refractivity contribution in [1.29, 1.82) is 0 Å². The molecule has 0 aromatic carbocycles. The fraction of sp³-hybridized carbons (Fsp3) is 0.600. The van der Waals surface area contributed by atoms with Gasteiger partial charge in [0.25, 0.3) is 0 Å². The molecule has 42 valence electrons. The van der Waals surface area contributed by atoms with Crippen LogP contribution < -0.4 is 5.90 Å². The topological polar surface area (TPSA) is 35.2 Å². The molecule has 2 nitrogen and oxygen atoms in total. The Morgan fingerprint density at radius 2 is 2.43 bits per heavy atom. The molecule has 0 aliphatic carbocycles. The highest BCUT2D eigenvalue weighted by Gasteiger charge is 1.78. The molecule has 2 N–H and O–H groups in total. The van der Waals surface area contributed by atoms with E-state index in [1.54, 1.807) is 6.26 Å². The van der Waals surface area contributed by atoms with E-state index in [0.717, 1.165) is 12.0 Å². The molecule has 0 saturated carbocycles. The summed E-state index contributed by atoms with van der Waals surface area (Å²) in [6.45, 7) is 4.01. The van der Waals surface area contributed by atoms with Crippen LogP contribution in [0.3, 0.4) is 0 Å². The molecule has 0 atom stereocenters. The van der Waals surface area contributed by atoms with E-state index in [9.17, 15) is 0 Å². The first-order chi connectivity index (χ1) is 3.31. The molecule has 0 heterocycles. The van der Waals surface area contributed by atoms with Gasteiger partial charge in [-0.2, -0.15) is 5.90 Å². The Morgan fingerprint density at radius 1 is 1.86 bits per heavy atom. The lowest BCUT2D eigenvalue weighted by Crippen LogP contribution is -1.89. The van der Waals surface area contributed by atoms with Crippen LogP contribution in [0.1, 0.15) is 20.3 Å². The van der Waals surface area contributed by atoms with Gasteiger partial charge in [0.2, 0.25) is 0 Å². The fourth-order valence-electron chi connectivity index (χ4n) is 0.199. The number of hydrogen-bond donors (Lipinski definition) is 1. The van der Waals surface area contributed by atoms with Crippen molar-refractivity contribution in [3.05, 3.63) is 11.8 Å². The van der Waals surface area contributed by atoms with Crippen LogP contribution >= 0.6 is 0 Å². The maximum absolute atomic E-state index is 4.73. The summed E-state index contributed by atoms with van der Waals surface area (Å²) in [6, 6.07) is 0. The van der Waals surface area contributed by atoms with E-state index in [0.29, 0.717) is 0 Å². The maximum Gasteiger partial charge on any atom is 0.109 e. The summed E-state index contributed by atoms with van der Waals surface area (Å²) in [4.78, 5) is 4.23. The van der Waals surface area contributed by atoms with Crippen LogP contribution in [0.15, 0.2) is 11.8 Å². The van der Waals surface area contributed by atoms with Crippen LogP contribution in [0, 0.1) is 0 Å². The Hall–Kier alpha value is -0.500. The first-order valence-electron chi connectivity index (χ1n) is 2.32. The minimum atomic E-state index is 0.997. The van der Waals surface area contributed by atoms with Crippen molar-refractivity contribution >= 4 is 0 Å². The zero-order valence-electron chi connectivity index (χ0n) is 4.77. The van der Waals surface area contributed by atoms with Gasteiger partial charge in [-0.25, -0.2) is 0 Å². The molecular weight excluding hydrogens is 90.1 g/mol. The summed E-state index contributed by atoms with van der Waals surface area (Å²) < 4.78 is 0. The van der Waals surface area contributed by atoms with Gasteiger partial charge in [-0.15, -0.1) is 0 Å². The largest absolute Gasteiger partial charge is 0.419 e. The fourth-order valence-corrected chi connectivity index (χ4v) is 0.199. The maximum atomic E-state index is 4.73. The van der Waals surface area contributed by atoms with E-state index >= 15 is 0 Å². The molecule has 0 aromatic rings. The molecule has 0 rings (SSSR count). The van der Waals surface area contributed by atoms with Crippen molar-refractivity contribution in [3.63, 3.8) is 0 Å². The second-order valence-corrected chi connectivity index (χ2v) is 1.45. The predicted octanol–water partition coefficient (Wildman–Crippen LogP) is 1.19. The number of hydrogen-bond acceptors (Lipinski definition) is 2. The summed E-state index contributed by atoms with van der Waals surface area (Å²) in [5.41, 5.74) is 1.16. The number of nitrogens with two attached hydrogens (primary N) is 1. The van der Waals surface area contributed by atoms with E-state index in [1.807, 2.05) is 13.8 Å². The van der Waals surface area contributed by atoms with Crippen LogP contribution in [0.25, 0.3) is 0 Å². The van der Waals surface area contributed by atoms with Crippen molar-refractivity contribution in [2.45, 2.75) is 20.3 Å². The molecule has 0 spiro atoms. The van der Waals surface area contributed by atoms with E-state index in [-0.39, 0.29) is 0 Å². The Morgan fingerprint density at radius 3 is 2.57 bits per heavy atom. The van der Waals surface area contributed by atoms with Crippen LogP contribution in [-0.4, -0.2) is 0 Å².